The summed E-state index contributed by atoms with van der Waals surface area (Å²) in [7, 11) is -8.40. The smallest absolute Gasteiger partial charge is 0.322 e. The lowest BCUT2D eigenvalue weighted by Gasteiger charge is -2.21. The molecule has 148 valence electrons. The molecule has 0 saturated carbocycles. The van der Waals surface area contributed by atoms with Crippen LogP contribution in [0.1, 0.15) is 6.42 Å². The Kier molecular flexibility index (Phi) is 4.87. The molecule has 0 fully saturated rings. The molecule has 3 N–H and O–H groups in total. The van der Waals surface area contributed by atoms with E-state index in [4.69, 9.17) is 14.9 Å². The number of fused-ring (bicyclic) bond motifs is 2. The Hall–Kier alpha value is -2.96. The van der Waals surface area contributed by atoms with E-state index in [1.807, 2.05) is 0 Å². The summed E-state index contributed by atoms with van der Waals surface area (Å²) >= 11 is 0. The molecule has 10 nitrogen and oxygen atoms in total. The molecule has 0 spiro atoms. The van der Waals surface area contributed by atoms with Gasteiger partial charge in [-0.25, -0.2) is 16.8 Å². The van der Waals surface area contributed by atoms with Crippen molar-refractivity contribution in [1.29, 1.82) is 0 Å². The summed E-state index contributed by atoms with van der Waals surface area (Å²) in [5.41, 5.74) is 0. The zero-order valence-electron chi connectivity index (χ0n) is 13.9. The van der Waals surface area contributed by atoms with Gasteiger partial charge in [0.2, 0.25) is 19.9 Å². The lowest BCUT2D eigenvalue weighted by atomic mass is 10.2. The first-order valence-electron chi connectivity index (χ1n) is 7.65. The van der Waals surface area contributed by atoms with Crippen LogP contribution in [0.2, 0.25) is 0 Å². The first kappa shape index (κ1) is 19.8. The number of para-hydroxylation sites is 1. The van der Waals surface area contributed by atoms with Crippen LogP contribution in [0.5, 0.6) is 11.5 Å². The fourth-order valence-corrected chi connectivity index (χ4v) is 5.25. The molecule has 1 atom stereocenters. The Bertz CT molecular complexity index is 1190. The molecule has 3 rings (SSSR count). The van der Waals surface area contributed by atoms with Gasteiger partial charge in [-0.3, -0.25) is 9.59 Å². The highest BCUT2D eigenvalue weighted by Gasteiger charge is 2.33. The van der Waals surface area contributed by atoms with E-state index in [-0.39, 0.29) is 21.3 Å². The highest BCUT2D eigenvalue weighted by Crippen LogP contribution is 2.43. The van der Waals surface area contributed by atoms with Crippen molar-refractivity contribution in [1.82, 2.24) is 4.72 Å². The van der Waals surface area contributed by atoms with Gasteiger partial charge < -0.3 is 14.9 Å². The quantitative estimate of drug-likeness (QED) is 0.517. The molecule has 28 heavy (non-hydrogen) atoms. The molecular weight excluding hydrogens is 414 g/mol. The number of aliphatic carboxylic acids is 2. The van der Waals surface area contributed by atoms with Crippen molar-refractivity contribution in [3.05, 3.63) is 42.5 Å². The van der Waals surface area contributed by atoms with Crippen LogP contribution in [0.15, 0.2) is 57.2 Å². The number of benzene rings is 2. The second kappa shape index (κ2) is 6.89. The van der Waals surface area contributed by atoms with Crippen LogP contribution in [0.25, 0.3) is 0 Å². The lowest BCUT2D eigenvalue weighted by molar-refractivity contribution is -0.145. The van der Waals surface area contributed by atoms with Gasteiger partial charge in [0, 0.05) is 6.07 Å². The largest absolute Gasteiger partial charge is 0.481 e. The van der Waals surface area contributed by atoms with E-state index in [9.17, 15) is 26.4 Å². The average molecular weight is 427 g/mol. The number of sulfonamides is 1. The minimum Gasteiger partial charge on any atom is -0.481 e. The van der Waals surface area contributed by atoms with Gasteiger partial charge in [-0.15, -0.1) is 0 Å². The predicted octanol–water partition coefficient (Wildman–Crippen LogP) is 0.831. The molecule has 2 aromatic rings. The molecule has 0 aliphatic carbocycles. The van der Waals surface area contributed by atoms with E-state index in [1.54, 1.807) is 10.8 Å². The fourth-order valence-electron chi connectivity index (χ4n) is 2.56. The topological polar surface area (TPSA) is 164 Å². The molecule has 0 radical (unpaired) electrons. The van der Waals surface area contributed by atoms with E-state index in [0.29, 0.717) is 0 Å². The maximum atomic E-state index is 12.7. The van der Waals surface area contributed by atoms with Gasteiger partial charge in [0.15, 0.2) is 0 Å². The maximum absolute atomic E-state index is 12.7. The van der Waals surface area contributed by atoms with E-state index in [1.165, 1.54) is 18.2 Å². The minimum absolute atomic E-state index is 0.0202. The standard InChI is InChI=1S/C16H13NO9S2/c18-15(19)8-10(16(20)21)17-28(24,25)9-5-6-14-12(7-9)26-11-3-1-2-4-13(11)27(14,22)23/h1-7,10,17H,8H2,(H,18,19)(H,20,21)/t10-/m1/s1. The Balaban J connectivity index is 2.01. The van der Waals surface area contributed by atoms with Crippen molar-refractivity contribution >= 4 is 31.8 Å². The molecule has 2 aromatic carbocycles. The van der Waals surface area contributed by atoms with Crippen LogP contribution in [0.3, 0.4) is 0 Å². The molecule has 0 saturated heterocycles. The third-order valence-electron chi connectivity index (χ3n) is 3.85. The van der Waals surface area contributed by atoms with Crippen molar-refractivity contribution < 1.29 is 41.4 Å². The van der Waals surface area contributed by atoms with Gasteiger partial charge in [-0.1, -0.05) is 12.1 Å². The highest BCUT2D eigenvalue weighted by atomic mass is 32.2. The van der Waals surface area contributed by atoms with Gasteiger partial charge in [0.05, 0.1) is 11.3 Å². The number of carboxylic acid groups (broad SMARTS) is 2. The number of carboxylic acids is 2. The Morgan fingerprint density at radius 2 is 1.68 bits per heavy atom. The fraction of sp³-hybridized carbons (Fsp3) is 0.125. The third-order valence-corrected chi connectivity index (χ3v) is 7.15. The van der Waals surface area contributed by atoms with E-state index in [0.717, 1.165) is 18.2 Å². The zero-order chi connectivity index (χ0) is 20.7. The predicted molar refractivity (Wildman–Crippen MR) is 92.4 cm³/mol. The number of nitrogens with one attached hydrogen (secondary N) is 1. The summed E-state index contributed by atoms with van der Waals surface area (Å²) in [4.78, 5) is 21.1. The zero-order valence-corrected chi connectivity index (χ0v) is 15.5. The van der Waals surface area contributed by atoms with Gasteiger partial charge in [-0.2, -0.15) is 4.72 Å². The lowest BCUT2D eigenvalue weighted by Crippen LogP contribution is -2.42. The minimum atomic E-state index is -4.47. The van der Waals surface area contributed by atoms with Gasteiger partial charge in [-0.05, 0) is 24.3 Å². The van der Waals surface area contributed by atoms with E-state index in [2.05, 4.69) is 0 Å². The summed E-state index contributed by atoms with van der Waals surface area (Å²) in [6, 6.07) is 6.85. The summed E-state index contributed by atoms with van der Waals surface area (Å²) in [6.45, 7) is 0. The molecule has 1 heterocycles. The van der Waals surface area contributed by atoms with Crippen molar-refractivity contribution in [2.45, 2.75) is 27.1 Å². The van der Waals surface area contributed by atoms with Crippen LogP contribution in [0, 0.1) is 0 Å². The summed E-state index contributed by atoms with van der Waals surface area (Å²) < 4.78 is 57.5. The molecule has 1 aliphatic rings. The van der Waals surface area contributed by atoms with Crippen LogP contribution in [0.4, 0.5) is 0 Å². The number of sulfone groups is 1. The molecular formula is C16H13NO9S2. The van der Waals surface area contributed by atoms with E-state index < -0.39 is 49.2 Å². The van der Waals surface area contributed by atoms with Crippen LogP contribution in [-0.2, 0) is 29.4 Å². The molecule has 0 aromatic heterocycles. The maximum Gasteiger partial charge on any atom is 0.322 e. The first-order chi connectivity index (χ1) is 13.0. The van der Waals surface area contributed by atoms with Crippen molar-refractivity contribution in [3.63, 3.8) is 0 Å². The van der Waals surface area contributed by atoms with E-state index >= 15 is 0 Å². The molecule has 0 amide bonds. The molecule has 12 heteroatoms. The van der Waals surface area contributed by atoms with Crippen LogP contribution < -0.4 is 9.46 Å². The SMILES string of the molecule is O=C(O)C[C@@H](NS(=O)(=O)c1ccc2c(c1)Oc1ccccc1S2(=O)=O)C(=O)O. The van der Waals surface area contributed by atoms with Crippen molar-refractivity contribution in [2.24, 2.45) is 0 Å². The summed E-state index contributed by atoms with van der Waals surface area (Å²) in [6.07, 6.45) is -0.974. The van der Waals surface area contributed by atoms with Crippen LogP contribution in [-0.4, -0.2) is 45.0 Å². The van der Waals surface area contributed by atoms with Gasteiger partial charge >= 0.3 is 11.9 Å². The Morgan fingerprint density at radius 1 is 1.04 bits per heavy atom. The van der Waals surface area contributed by atoms with Crippen molar-refractivity contribution in [3.8, 4) is 11.5 Å². The van der Waals surface area contributed by atoms with Gasteiger partial charge in [0.25, 0.3) is 0 Å². The Labute approximate surface area is 159 Å². The molecule has 0 bridgehead atoms. The number of hydrogen-bond donors (Lipinski definition) is 3. The normalized spacial score (nSPS) is 15.6. The number of rotatable bonds is 6. The molecule has 0 unspecified atom stereocenters. The second-order valence-electron chi connectivity index (χ2n) is 5.77. The first-order valence-corrected chi connectivity index (χ1v) is 10.6. The Morgan fingerprint density at radius 3 is 2.32 bits per heavy atom. The average Bonchev–Trinajstić information content (AvgIpc) is 2.60. The summed E-state index contributed by atoms with van der Waals surface area (Å²) in [5.74, 6) is -3.40. The number of carbonyl (C=O) groups is 2. The monoisotopic (exact) mass is 427 g/mol. The summed E-state index contributed by atoms with van der Waals surface area (Å²) in [5, 5.41) is 17.7. The molecule has 1 aliphatic heterocycles. The van der Waals surface area contributed by atoms with Gasteiger partial charge in [0.1, 0.15) is 27.3 Å². The van der Waals surface area contributed by atoms with Crippen LogP contribution >= 0.6 is 0 Å². The van der Waals surface area contributed by atoms with Crippen molar-refractivity contribution in [2.75, 3.05) is 0 Å². The second-order valence-corrected chi connectivity index (χ2v) is 9.37. The third kappa shape index (κ3) is 3.56. The highest BCUT2D eigenvalue weighted by molar-refractivity contribution is 7.91. The number of ether oxygens (including phenoxy) is 1. The number of hydrogen-bond acceptors (Lipinski definition) is 7.